The van der Waals surface area contributed by atoms with Gasteiger partial charge in [-0.1, -0.05) is 0 Å². The molecular weight excluding hydrogens is 372 g/mol. The van der Waals surface area contributed by atoms with Crippen molar-refractivity contribution in [1.29, 1.82) is 0 Å². The number of rotatable bonds is 5. The molecule has 0 amide bonds. The first kappa shape index (κ1) is 22.2. The summed E-state index contributed by atoms with van der Waals surface area (Å²) in [4.78, 5) is 0. The zero-order valence-electron chi connectivity index (χ0n) is 15.9. The fourth-order valence-corrected chi connectivity index (χ4v) is 4.06. The molecule has 2 aliphatic heterocycles. The van der Waals surface area contributed by atoms with E-state index in [0.29, 0.717) is 13.0 Å². The summed E-state index contributed by atoms with van der Waals surface area (Å²) in [6.45, 7) is 0.577. The molecule has 0 spiro atoms. The Kier molecular flexibility index (Phi) is 7.61. The van der Waals surface area contributed by atoms with Crippen LogP contribution in [-0.4, -0.2) is 95.8 Å². The average Bonchev–Trinajstić information content (AvgIpc) is 2.69. The van der Waals surface area contributed by atoms with Crippen LogP contribution in [0.3, 0.4) is 0 Å². The van der Waals surface area contributed by atoms with Crippen LogP contribution in [0, 0.1) is 0 Å². The highest BCUT2D eigenvalue weighted by Gasteiger charge is 2.49. The molecule has 164 valence electrons. The van der Waals surface area contributed by atoms with Crippen molar-refractivity contribution in [2.45, 2.75) is 93.0 Å². The van der Waals surface area contributed by atoms with Gasteiger partial charge in [-0.15, -0.1) is 0 Å². The van der Waals surface area contributed by atoms with E-state index in [0.717, 1.165) is 19.3 Å². The molecule has 2 heterocycles. The lowest BCUT2D eigenvalue weighted by molar-refractivity contribution is -0.296. The van der Waals surface area contributed by atoms with Crippen LogP contribution < -0.4 is 22.9 Å². The summed E-state index contributed by atoms with van der Waals surface area (Å²) in [5, 5.41) is 31.0. The minimum atomic E-state index is -1.28. The van der Waals surface area contributed by atoms with Gasteiger partial charge < -0.3 is 57.2 Å². The van der Waals surface area contributed by atoms with Crippen LogP contribution in [0.2, 0.25) is 0 Å². The third kappa shape index (κ3) is 4.65. The number of aliphatic hydroxyl groups excluding tert-OH is 3. The van der Waals surface area contributed by atoms with Gasteiger partial charge in [-0.3, -0.25) is 0 Å². The first-order chi connectivity index (χ1) is 13.3. The number of hydrogen-bond donors (Lipinski definition) is 7. The Morgan fingerprint density at radius 2 is 1.57 bits per heavy atom. The zero-order valence-corrected chi connectivity index (χ0v) is 15.9. The van der Waals surface area contributed by atoms with Gasteiger partial charge in [-0.2, -0.15) is 0 Å². The Bertz CT molecular complexity index is 496. The first-order valence-electron chi connectivity index (χ1n) is 9.92. The van der Waals surface area contributed by atoms with Crippen molar-refractivity contribution < 1.29 is 34.3 Å². The molecule has 1 saturated carbocycles. The highest BCUT2D eigenvalue weighted by Crippen LogP contribution is 2.29. The summed E-state index contributed by atoms with van der Waals surface area (Å²) in [6.07, 6.45) is -4.59. The van der Waals surface area contributed by atoms with Crippen molar-refractivity contribution in [3.05, 3.63) is 0 Å². The topological polar surface area (TPSA) is 202 Å². The van der Waals surface area contributed by atoms with Gasteiger partial charge in [0, 0.05) is 25.2 Å². The maximum atomic E-state index is 10.9. The van der Waals surface area contributed by atoms with Crippen LogP contribution in [-0.2, 0) is 18.9 Å². The molecule has 0 aromatic heterocycles. The monoisotopic (exact) mass is 406 g/mol. The average molecular weight is 406 g/mol. The number of nitrogens with two attached hydrogens (primary N) is 4. The number of hydrogen-bond acceptors (Lipinski definition) is 11. The van der Waals surface area contributed by atoms with Gasteiger partial charge in [0.1, 0.15) is 36.6 Å². The Morgan fingerprint density at radius 3 is 2.18 bits per heavy atom. The summed E-state index contributed by atoms with van der Waals surface area (Å²) in [5.74, 6) is 0. The van der Waals surface area contributed by atoms with Crippen molar-refractivity contribution in [3.8, 4) is 0 Å². The summed E-state index contributed by atoms with van der Waals surface area (Å²) >= 11 is 0. The summed E-state index contributed by atoms with van der Waals surface area (Å²) in [7, 11) is 0. The fourth-order valence-electron chi connectivity index (χ4n) is 4.06. The van der Waals surface area contributed by atoms with E-state index in [4.69, 9.17) is 41.9 Å². The minimum absolute atomic E-state index is 0.0281. The molecule has 0 aromatic carbocycles. The van der Waals surface area contributed by atoms with E-state index in [1.165, 1.54) is 0 Å². The first-order valence-corrected chi connectivity index (χ1v) is 9.92. The second kappa shape index (κ2) is 9.58. The van der Waals surface area contributed by atoms with Crippen LogP contribution in [0.25, 0.3) is 0 Å². The molecule has 3 aliphatic rings. The quantitative estimate of drug-likeness (QED) is 0.238. The number of aliphatic hydroxyl groups is 3. The SMILES string of the molecule is NCC1OC(OC2C(N)CC(N)C(OC3CCCCO3)C2O)C(N)C(O)C1O. The lowest BCUT2D eigenvalue weighted by atomic mass is 9.84. The van der Waals surface area contributed by atoms with Gasteiger partial charge in [0.05, 0.1) is 6.04 Å². The van der Waals surface area contributed by atoms with Crippen LogP contribution in [0.15, 0.2) is 0 Å². The fraction of sp³-hybridized carbons (Fsp3) is 1.00. The van der Waals surface area contributed by atoms with Crippen molar-refractivity contribution in [3.63, 3.8) is 0 Å². The maximum absolute atomic E-state index is 10.9. The largest absolute Gasteiger partial charge is 0.388 e. The summed E-state index contributed by atoms with van der Waals surface area (Å²) < 4.78 is 23.0. The van der Waals surface area contributed by atoms with Crippen LogP contribution in [0.1, 0.15) is 25.7 Å². The lowest BCUT2D eigenvalue weighted by Crippen LogP contribution is -2.68. The van der Waals surface area contributed by atoms with Gasteiger partial charge in [0.2, 0.25) is 0 Å². The highest BCUT2D eigenvalue weighted by molar-refractivity contribution is 5.00. The Labute approximate surface area is 164 Å². The van der Waals surface area contributed by atoms with E-state index in [9.17, 15) is 15.3 Å². The summed E-state index contributed by atoms with van der Waals surface area (Å²) in [6, 6.07) is -2.11. The molecule has 11 unspecified atom stereocenters. The molecule has 28 heavy (non-hydrogen) atoms. The zero-order chi connectivity index (χ0) is 20.4. The van der Waals surface area contributed by atoms with E-state index in [2.05, 4.69) is 0 Å². The Balaban J connectivity index is 1.67. The highest BCUT2D eigenvalue weighted by atomic mass is 16.7. The molecule has 0 bridgehead atoms. The van der Waals surface area contributed by atoms with Crippen molar-refractivity contribution >= 4 is 0 Å². The van der Waals surface area contributed by atoms with Gasteiger partial charge in [-0.05, 0) is 25.7 Å². The molecule has 11 nitrogen and oxygen atoms in total. The van der Waals surface area contributed by atoms with E-state index in [1.54, 1.807) is 0 Å². The van der Waals surface area contributed by atoms with Crippen LogP contribution in [0.4, 0.5) is 0 Å². The number of ether oxygens (including phenoxy) is 4. The molecule has 11 atom stereocenters. The minimum Gasteiger partial charge on any atom is -0.388 e. The van der Waals surface area contributed by atoms with E-state index < -0.39 is 67.3 Å². The second-order valence-electron chi connectivity index (χ2n) is 7.89. The van der Waals surface area contributed by atoms with Gasteiger partial charge >= 0.3 is 0 Å². The molecular formula is C17H34N4O7. The molecule has 0 radical (unpaired) electrons. The smallest absolute Gasteiger partial charge is 0.176 e. The summed E-state index contributed by atoms with van der Waals surface area (Å²) in [5.41, 5.74) is 23.9. The molecule has 0 aromatic rings. The van der Waals surface area contributed by atoms with E-state index in [-0.39, 0.29) is 6.54 Å². The maximum Gasteiger partial charge on any atom is 0.176 e. The molecule has 11 N–H and O–H groups in total. The third-order valence-electron chi connectivity index (χ3n) is 5.78. The lowest BCUT2D eigenvalue weighted by Gasteiger charge is -2.47. The van der Waals surface area contributed by atoms with Crippen molar-refractivity contribution in [2.24, 2.45) is 22.9 Å². The van der Waals surface area contributed by atoms with E-state index in [1.807, 2.05) is 0 Å². The normalized spacial score (nSPS) is 50.5. The second-order valence-corrected chi connectivity index (χ2v) is 7.89. The van der Waals surface area contributed by atoms with Crippen molar-refractivity contribution in [1.82, 2.24) is 0 Å². The van der Waals surface area contributed by atoms with Gasteiger partial charge in [0.15, 0.2) is 12.6 Å². The Morgan fingerprint density at radius 1 is 0.893 bits per heavy atom. The Hall–Kier alpha value is -0.440. The van der Waals surface area contributed by atoms with Gasteiger partial charge in [0.25, 0.3) is 0 Å². The predicted molar refractivity (Wildman–Crippen MR) is 97.6 cm³/mol. The molecule has 2 saturated heterocycles. The molecule has 3 fully saturated rings. The molecule has 1 aliphatic carbocycles. The molecule has 11 heteroatoms. The van der Waals surface area contributed by atoms with Crippen LogP contribution >= 0.6 is 0 Å². The van der Waals surface area contributed by atoms with Crippen molar-refractivity contribution in [2.75, 3.05) is 13.2 Å². The molecule has 3 rings (SSSR count). The van der Waals surface area contributed by atoms with Gasteiger partial charge in [-0.25, -0.2) is 0 Å². The predicted octanol–water partition coefficient (Wildman–Crippen LogP) is -3.56. The standard InChI is InChI=1S/C17H34N4O7/c18-6-9-12(22)13(23)11(21)17(26-9)28-16-8(20)5-7(19)15(14(16)24)27-10-3-1-2-4-25-10/h7-17,22-24H,1-6,18-21H2. The van der Waals surface area contributed by atoms with Crippen LogP contribution in [0.5, 0.6) is 0 Å². The van der Waals surface area contributed by atoms with E-state index >= 15 is 0 Å². The third-order valence-corrected chi connectivity index (χ3v) is 5.78.